The quantitative estimate of drug-likeness (QED) is 0.610. The Labute approximate surface area is 78.8 Å². The molecule has 3 N–H and O–H groups in total. The number of nitrogens with one attached hydrogen (secondary N) is 1. The molecule has 4 nitrogen and oxygen atoms in total. The third-order valence-corrected chi connectivity index (χ3v) is 3.10. The molecule has 1 aliphatic rings. The Balaban J connectivity index is 2.32. The standard InChI is InChI=1S/C8H9NO3S/c10-7-4-1-2-13-5(4)3-9-6(7)8(11)12/h1-2,6-7,9-10H,3H2,(H,11,12). The Morgan fingerprint density at radius 1 is 1.69 bits per heavy atom. The van der Waals surface area contributed by atoms with Crippen LogP contribution >= 0.6 is 11.3 Å². The summed E-state index contributed by atoms with van der Waals surface area (Å²) in [5.41, 5.74) is 0.746. The second-order valence-electron chi connectivity index (χ2n) is 2.94. The summed E-state index contributed by atoms with van der Waals surface area (Å²) >= 11 is 1.53. The Bertz CT molecular complexity index is 336. The van der Waals surface area contributed by atoms with Crippen molar-refractivity contribution in [2.75, 3.05) is 0 Å². The molecule has 0 aliphatic carbocycles. The molecule has 0 bridgehead atoms. The van der Waals surface area contributed by atoms with Crippen LogP contribution < -0.4 is 5.32 Å². The van der Waals surface area contributed by atoms with Gasteiger partial charge in [0.2, 0.25) is 0 Å². The number of aliphatic hydroxyl groups is 1. The maximum atomic E-state index is 10.7. The Kier molecular flexibility index (Phi) is 2.07. The number of aliphatic hydroxyl groups excluding tert-OH is 1. The summed E-state index contributed by atoms with van der Waals surface area (Å²) < 4.78 is 0. The van der Waals surface area contributed by atoms with E-state index in [1.807, 2.05) is 5.38 Å². The normalized spacial score (nSPS) is 26.8. The van der Waals surface area contributed by atoms with Gasteiger partial charge in [-0.1, -0.05) is 0 Å². The number of thiophene rings is 1. The highest BCUT2D eigenvalue weighted by Gasteiger charge is 2.33. The molecule has 0 radical (unpaired) electrons. The highest BCUT2D eigenvalue weighted by molar-refractivity contribution is 7.10. The molecule has 0 amide bonds. The molecule has 5 heteroatoms. The molecule has 0 spiro atoms. The van der Waals surface area contributed by atoms with E-state index < -0.39 is 18.1 Å². The molecule has 1 aromatic rings. The van der Waals surface area contributed by atoms with E-state index in [0.29, 0.717) is 6.54 Å². The summed E-state index contributed by atoms with van der Waals surface area (Å²) in [6.07, 6.45) is -0.924. The van der Waals surface area contributed by atoms with Gasteiger partial charge in [-0.05, 0) is 17.0 Å². The number of rotatable bonds is 1. The minimum absolute atomic E-state index is 0.529. The van der Waals surface area contributed by atoms with Crippen molar-refractivity contribution in [3.05, 3.63) is 21.9 Å². The number of carbonyl (C=O) groups is 1. The van der Waals surface area contributed by atoms with Gasteiger partial charge in [0, 0.05) is 11.4 Å². The molecule has 0 saturated heterocycles. The van der Waals surface area contributed by atoms with Crippen LogP contribution in [-0.4, -0.2) is 22.2 Å². The van der Waals surface area contributed by atoms with Crippen molar-refractivity contribution in [1.82, 2.24) is 5.32 Å². The fraction of sp³-hybridized carbons (Fsp3) is 0.375. The molecule has 13 heavy (non-hydrogen) atoms. The zero-order chi connectivity index (χ0) is 9.42. The molecule has 1 aromatic heterocycles. The van der Waals surface area contributed by atoms with Crippen molar-refractivity contribution in [3.8, 4) is 0 Å². The van der Waals surface area contributed by atoms with Crippen molar-refractivity contribution in [2.45, 2.75) is 18.7 Å². The predicted octanol–water partition coefficient (Wildman–Crippen LogP) is 0.338. The summed E-state index contributed by atoms with van der Waals surface area (Å²) in [6, 6.07) is 0.906. The van der Waals surface area contributed by atoms with Crippen LogP contribution in [0.3, 0.4) is 0 Å². The van der Waals surface area contributed by atoms with Crippen LogP contribution in [0.15, 0.2) is 11.4 Å². The lowest BCUT2D eigenvalue weighted by Gasteiger charge is -2.25. The molecule has 0 saturated carbocycles. The first kappa shape index (κ1) is 8.68. The van der Waals surface area contributed by atoms with E-state index in [1.54, 1.807) is 6.07 Å². The second kappa shape index (κ2) is 3.10. The van der Waals surface area contributed by atoms with Gasteiger partial charge in [0.1, 0.15) is 12.1 Å². The van der Waals surface area contributed by atoms with E-state index in [2.05, 4.69) is 5.32 Å². The van der Waals surface area contributed by atoms with Gasteiger partial charge in [0.25, 0.3) is 0 Å². The molecule has 0 fully saturated rings. The summed E-state index contributed by atoms with van der Waals surface area (Å²) in [7, 11) is 0. The first-order chi connectivity index (χ1) is 6.20. The molecule has 2 atom stereocenters. The third kappa shape index (κ3) is 1.35. The molecule has 2 unspecified atom stereocenters. The van der Waals surface area contributed by atoms with Crippen LogP contribution in [0.5, 0.6) is 0 Å². The number of aliphatic carboxylic acids is 1. The van der Waals surface area contributed by atoms with Crippen molar-refractivity contribution >= 4 is 17.3 Å². The van der Waals surface area contributed by atoms with Gasteiger partial charge in [-0.25, -0.2) is 0 Å². The maximum absolute atomic E-state index is 10.7. The van der Waals surface area contributed by atoms with Gasteiger partial charge < -0.3 is 10.2 Å². The van der Waals surface area contributed by atoms with Crippen LogP contribution in [0.1, 0.15) is 16.5 Å². The summed E-state index contributed by atoms with van der Waals surface area (Å²) in [4.78, 5) is 11.7. The van der Waals surface area contributed by atoms with Gasteiger partial charge in [-0.15, -0.1) is 11.3 Å². The van der Waals surface area contributed by atoms with E-state index in [4.69, 9.17) is 5.11 Å². The third-order valence-electron chi connectivity index (χ3n) is 2.16. The van der Waals surface area contributed by atoms with Gasteiger partial charge >= 0.3 is 5.97 Å². The largest absolute Gasteiger partial charge is 0.480 e. The van der Waals surface area contributed by atoms with Crippen molar-refractivity contribution < 1.29 is 15.0 Å². The average molecular weight is 199 g/mol. The monoisotopic (exact) mass is 199 g/mol. The number of carboxylic acid groups (broad SMARTS) is 1. The number of fused-ring (bicyclic) bond motifs is 1. The van der Waals surface area contributed by atoms with Gasteiger partial charge in [-0.2, -0.15) is 0 Å². The van der Waals surface area contributed by atoms with Crippen molar-refractivity contribution in [2.24, 2.45) is 0 Å². The summed E-state index contributed by atoms with van der Waals surface area (Å²) in [6.45, 7) is 0.529. The van der Waals surface area contributed by atoms with Crippen LogP contribution in [0.2, 0.25) is 0 Å². The topological polar surface area (TPSA) is 69.6 Å². The summed E-state index contributed by atoms with van der Waals surface area (Å²) in [5, 5.41) is 23.0. The minimum atomic E-state index is -1.01. The van der Waals surface area contributed by atoms with E-state index in [-0.39, 0.29) is 0 Å². The van der Waals surface area contributed by atoms with E-state index >= 15 is 0 Å². The smallest absolute Gasteiger partial charge is 0.323 e. The molecule has 1 aliphatic heterocycles. The molecule has 2 heterocycles. The van der Waals surface area contributed by atoms with Crippen molar-refractivity contribution in [3.63, 3.8) is 0 Å². The zero-order valence-electron chi connectivity index (χ0n) is 6.73. The second-order valence-corrected chi connectivity index (χ2v) is 3.94. The average Bonchev–Trinajstić information content (AvgIpc) is 2.52. The fourth-order valence-corrected chi connectivity index (χ4v) is 2.34. The molecular weight excluding hydrogens is 190 g/mol. The number of hydrogen-bond donors (Lipinski definition) is 3. The lowest BCUT2D eigenvalue weighted by Crippen LogP contribution is -2.44. The van der Waals surface area contributed by atoms with Crippen LogP contribution in [-0.2, 0) is 11.3 Å². The Morgan fingerprint density at radius 2 is 2.46 bits per heavy atom. The highest BCUT2D eigenvalue weighted by atomic mass is 32.1. The molecule has 70 valence electrons. The van der Waals surface area contributed by atoms with Crippen LogP contribution in [0, 0.1) is 0 Å². The van der Waals surface area contributed by atoms with Gasteiger partial charge in [0.05, 0.1) is 0 Å². The Morgan fingerprint density at radius 3 is 3.15 bits per heavy atom. The van der Waals surface area contributed by atoms with E-state index in [1.165, 1.54) is 11.3 Å². The van der Waals surface area contributed by atoms with E-state index in [0.717, 1.165) is 10.4 Å². The molecule has 0 aromatic carbocycles. The zero-order valence-corrected chi connectivity index (χ0v) is 7.54. The van der Waals surface area contributed by atoms with Gasteiger partial charge in [0.15, 0.2) is 0 Å². The Hall–Kier alpha value is -0.910. The molecule has 2 rings (SSSR count). The fourth-order valence-electron chi connectivity index (χ4n) is 1.47. The first-order valence-electron chi connectivity index (χ1n) is 3.90. The van der Waals surface area contributed by atoms with Gasteiger partial charge in [-0.3, -0.25) is 10.1 Å². The van der Waals surface area contributed by atoms with Crippen LogP contribution in [0.4, 0.5) is 0 Å². The summed E-state index contributed by atoms with van der Waals surface area (Å²) in [5.74, 6) is -1.01. The predicted molar refractivity (Wildman–Crippen MR) is 47.5 cm³/mol. The lowest BCUT2D eigenvalue weighted by molar-refractivity contribution is -0.143. The van der Waals surface area contributed by atoms with E-state index in [9.17, 15) is 9.90 Å². The highest BCUT2D eigenvalue weighted by Crippen LogP contribution is 2.29. The SMILES string of the molecule is O=C(O)C1NCc2sccc2C1O. The minimum Gasteiger partial charge on any atom is -0.480 e. The number of hydrogen-bond acceptors (Lipinski definition) is 4. The lowest BCUT2D eigenvalue weighted by atomic mass is 9.99. The maximum Gasteiger partial charge on any atom is 0.323 e. The first-order valence-corrected chi connectivity index (χ1v) is 4.78. The van der Waals surface area contributed by atoms with Crippen LogP contribution in [0.25, 0.3) is 0 Å². The van der Waals surface area contributed by atoms with Crippen molar-refractivity contribution in [1.29, 1.82) is 0 Å². The molecular formula is C8H9NO3S. The number of carboxylic acids is 1.